The average molecular weight is 298 g/mol. The molecular formula is C13H20BrN3. The van der Waals surface area contributed by atoms with Gasteiger partial charge in [0.2, 0.25) is 0 Å². The van der Waals surface area contributed by atoms with Crippen molar-refractivity contribution < 1.29 is 0 Å². The molecule has 1 saturated carbocycles. The molecule has 0 atom stereocenters. The van der Waals surface area contributed by atoms with Crippen LogP contribution < -0.4 is 5.32 Å². The maximum Gasteiger partial charge on any atom is 0.144 e. The van der Waals surface area contributed by atoms with Crippen molar-refractivity contribution >= 4 is 21.7 Å². The summed E-state index contributed by atoms with van der Waals surface area (Å²) in [5.74, 6) is 2.48. The molecule has 1 aromatic heterocycles. The van der Waals surface area contributed by atoms with Gasteiger partial charge in [0, 0.05) is 18.4 Å². The maximum atomic E-state index is 4.78. The highest BCUT2D eigenvalue weighted by molar-refractivity contribution is 9.10. The highest BCUT2D eigenvalue weighted by atomic mass is 79.9. The van der Waals surface area contributed by atoms with Crippen molar-refractivity contribution in [2.75, 3.05) is 12.4 Å². The van der Waals surface area contributed by atoms with Gasteiger partial charge in [-0.25, -0.2) is 9.97 Å². The molecule has 0 spiro atoms. The van der Waals surface area contributed by atoms with Gasteiger partial charge in [-0.1, -0.05) is 27.2 Å². The lowest BCUT2D eigenvalue weighted by molar-refractivity contribution is 0.397. The molecule has 1 aliphatic rings. The smallest absolute Gasteiger partial charge is 0.144 e. The molecule has 1 aliphatic carbocycles. The summed E-state index contributed by atoms with van der Waals surface area (Å²) in [6.45, 7) is 6.55. The van der Waals surface area contributed by atoms with Gasteiger partial charge in [-0.05, 0) is 28.8 Å². The first-order chi connectivity index (χ1) is 7.93. The molecule has 17 heavy (non-hydrogen) atoms. The van der Waals surface area contributed by atoms with Crippen molar-refractivity contribution in [3.05, 3.63) is 16.0 Å². The van der Waals surface area contributed by atoms with Crippen molar-refractivity contribution in [3.8, 4) is 0 Å². The predicted molar refractivity (Wildman–Crippen MR) is 74.6 cm³/mol. The van der Waals surface area contributed by atoms with E-state index in [9.17, 15) is 0 Å². The number of halogens is 1. The minimum atomic E-state index is 0.0336. The van der Waals surface area contributed by atoms with Crippen LogP contribution in [0, 0.1) is 0 Å². The molecule has 0 aliphatic heterocycles. The molecule has 1 N–H and O–H groups in total. The third-order valence-electron chi connectivity index (χ3n) is 3.29. The fraction of sp³-hybridized carbons (Fsp3) is 0.692. The number of rotatable bonds is 2. The Morgan fingerprint density at radius 2 is 1.88 bits per heavy atom. The van der Waals surface area contributed by atoms with Gasteiger partial charge in [-0.2, -0.15) is 0 Å². The largest absolute Gasteiger partial charge is 0.372 e. The minimum absolute atomic E-state index is 0.0336. The summed E-state index contributed by atoms with van der Waals surface area (Å²) in [6.07, 6.45) is 3.77. The first kappa shape index (κ1) is 12.8. The third-order valence-corrected chi connectivity index (χ3v) is 4.04. The molecule has 1 fully saturated rings. The van der Waals surface area contributed by atoms with E-state index in [2.05, 4.69) is 47.0 Å². The van der Waals surface area contributed by atoms with Crippen LogP contribution >= 0.6 is 15.9 Å². The van der Waals surface area contributed by atoms with Gasteiger partial charge in [-0.3, -0.25) is 0 Å². The molecule has 1 aromatic rings. The van der Waals surface area contributed by atoms with Crippen LogP contribution in [-0.2, 0) is 5.41 Å². The third kappa shape index (κ3) is 2.46. The zero-order valence-electron chi connectivity index (χ0n) is 11.0. The molecule has 0 bridgehead atoms. The van der Waals surface area contributed by atoms with E-state index in [1.165, 1.54) is 19.3 Å². The van der Waals surface area contributed by atoms with Crippen LogP contribution in [0.5, 0.6) is 0 Å². The van der Waals surface area contributed by atoms with E-state index in [1.807, 2.05) is 7.05 Å². The van der Waals surface area contributed by atoms with Crippen LogP contribution in [0.1, 0.15) is 57.5 Å². The fourth-order valence-electron chi connectivity index (χ4n) is 1.98. The van der Waals surface area contributed by atoms with E-state index in [1.54, 1.807) is 0 Å². The summed E-state index contributed by atoms with van der Waals surface area (Å²) in [6, 6.07) is 0. The molecule has 0 aromatic carbocycles. The molecular weight excluding hydrogens is 278 g/mol. The summed E-state index contributed by atoms with van der Waals surface area (Å²) >= 11 is 3.61. The normalized spacial score (nSPS) is 16.8. The number of aromatic nitrogens is 2. The quantitative estimate of drug-likeness (QED) is 0.901. The van der Waals surface area contributed by atoms with Crippen molar-refractivity contribution in [2.24, 2.45) is 0 Å². The van der Waals surface area contributed by atoms with Crippen LogP contribution in [0.25, 0.3) is 0 Å². The Labute approximate surface area is 112 Å². The van der Waals surface area contributed by atoms with Gasteiger partial charge in [0.05, 0.1) is 10.2 Å². The van der Waals surface area contributed by atoms with Crippen molar-refractivity contribution in [2.45, 2.75) is 51.4 Å². The molecule has 1 heterocycles. The number of hydrogen-bond donors (Lipinski definition) is 1. The van der Waals surface area contributed by atoms with E-state index < -0.39 is 0 Å². The summed E-state index contributed by atoms with van der Waals surface area (Å²) in [4.78, 5) is 9.39. The summed E-state index contributed by atoms with van der Waals surface area (Å²) < 4.78 is 0.996. The van der Waals surface area contributed by atoms with Gasteiger partial charge in [0.15, 0.2) is 0 Å². The Kier molecular flexibility index (Phi) is 3.43. The number of hydrogen-bond acceptors (Lipinski definition) is 3. The van der Waals surface area contributed by atoms with Crippen molar-refractivity contribution in [1.29, 1.82) is 0 Å². The van der Waals surface area contributed by atoms with E-state index in [4.69, 9.17) is 4.98 Å². The predicted octanol–water partition coefficient (Wildman–Crippen LogP) is 3.85. The first-order valence-corrected chi connectivity index (χ1v) is 6.98. The van der Waals surface area contributed by atoms with E-state index >= 15 is 0 Å². The number of anilines is 1. The minimum Gasteiger partial charge on any atom is -0.372 e. The Bertz CT molecular complexity index is 419. The van der Waals surface area contributed by atoms with Crippen molar-refractivity contribution in [3.63, 3.8) is 0 Å². The number of nitrogens with zero attached hydrogens (tertiary/aromatic N) is 2. The Morgan fingerprint density at radius 1 is 1.24 bits per heavy atom. The summed E-state index contributed by atoms with van der Waals surface area (Å²) in [5.41, 5.74) is 1.13. The van der Waals surface area contributed by atoms with E-state index in [0.717, 1.165) is 21.8 Å². The molecule has 2 rings (SSSR count). The Balaban J connectivity index is 2.49. The summed E-state index contributed by atoms with van der Waals surface area (Å²) in [7, 11) is 1.91. The van der Waals surface area contributed by atoms with Crippen LogP contribution in [0.4, 0.5) is 5.82 Å². The molecule has 0 unspecified atom stereocenters. The van der Waals surface area contributed by atoms with E-state index in [-0.39, 0.29) is 5.41 Å². The standard InChI is InChI=1S/C13H20BrN3/c1-13(2,3)10-9(14)12(15-4)17-11(16-10)8-6-5-7-8/h8H,5-7H2,1-4H3,(H,15,16,17). The summed E-state index contributed by atoms with van der Waals surface area (Å²) in [5, 5.41) is 3.15. The highest BCUT2D eigenvalue weighted by Gasteiger charge is 2.28. The molecule has 94 valence electrons. The second-order valence-corrected chi connectivity index (χ2v) is 6.51. The maximum absolute atomic E-state index is 4.78. The second kappa shape index (κ2) is 4.56. The van der Waals surface area contributed by atoms with Crippen LogP contribution in [0.15, 0.2) is 4.47 Å². The molecule has 0 radical (unpaired) electrons. The SMILES string of the molecule is CNc1nc(C2CCC2)nc(C(C)(C)C)c1Br. The van der Waals surface area contributed by atoms with Gasteiger partial charge in [-0.15, -0.1) is 0 Å². The number of nitrogens with one attached hydrogen (secondary N) is 1. The highest BCUT2D eigenvalue weighted by Crippen LogP contribution is 2.38. The first-order valence-electron chi connectivity index (χ1n) is 6.19. The molecule has 0 saturated heterocycles. The monoisotopic (exact) mass is 297 g/mol. The molecule has 0 amide bonds. The van der Waals surface area contributed by atoms with E-state index in [0.29, 0.717) is 5.92 Å². The lowest BCUT2D eigenvalue weighted by atomic mass is 9.84. The Hall–Kier alpha value is -0.640. The van der Waals surface area contributed by atoms with Crippen LogP contribution in [-0.4, -0.2) is 17.0 Å². The van der Waals surface area contributed by atoms with Gasteiger partial charge >= 0.3 is 0 Å². The lowest BCUT2D eigenvalue weighted by Gasteiger charge is -2.27. The molecule has 4 heteroatoms. The van der Waals surface area contributed by atoms with Crippen LogP contribution in [0.2, 0.25) is 0 Å². The van der Waals surface area contributed by atoms with Gasteiger partial charge in [0.25, 0.3) is 0 Å². The van der Waals surface area contributed by atoms with Gasteiger partial charge in [0.1, 0.15) is 11.6 Å². The zero-order valence-corrected chi connectivity index (χ0v) is 12.6. The van der Waals surface area contributed by atoms with Gasteiger partial charge < -0.3 is 5.32 Å². The topological polar surface area (TPSA) is 37.8 Å². The lowest BCUT2D eigenvalue weighted by Crippen LogP contribution is -2.21. The van der Waals surface area contributed by atoms with Crippen LogP contribution in [0.3, 0.4) is 0 Å². The zero-order chi connectivity index (χ0) is 12.6. The fourth-order valence-corrected chi connectivity index (χ4v) is 2.95. The average Bonchev–Trinajstić information content (AvgIpc) is 2.15. The Morgan fingerprint density at radius 3 is 2.29 bits per heavy atom. The molecule has 3 nitrogen and oxygen atoms in total. The van der Waals surface area contributed by atoms with Crippen molar-refractivity contribution in [1.82, 2.24) is 9.97 Å². The second-order valence-electron chi connectivity index (χ2n) is 5.72.